The molecular formula is C41H71O9P. The van der Waals surface area contributed by atoms with Crippen molar-refractivity contribution in [2.45, 2.75) is 186 Å². The van der Waals surface area contributed by atoms with E-state index in [1.54, 1.807) is 0 Å². The molecule has 3 atom stereocenters. The van der Waals surface area contributed by atoms with E-state index in [2.05, 4.69) is 60.9 Å². The third-order valence-electron chi connectivity index (χ3n) is 8.74. The van der Waals surface area contributed by atoms with E-state index in [0.717, 1.165) is 51.4 Å². The van der Waals surface area contributed by atoms with Crippen LogP contribution >= 0.6 is 7.82 Å². The van der Waals surface area contributed by atoms with Crippen LogP contribution in [0.5, 0.6) is 0 Å². The highest BCUT2D eigenvalue weighted by atomic mass is 31.2. The Morgan fingerprint density at radius 1 is 0.627 bits per heavy atom. The summed E-state index contributed by atoms with van der Waals surface area (Å²) in [5, 5.41) is 0. The Hall–Kier alpha value is -2.03. The molecule has 1 aliphatic heterocycles. The highest BCUT2D eigenvalue weighted by Crippen LogP contribution is 2.36. The molecule has 0 aliphatic carbocycles. The van der Waals surface area contributed by atoms with Gasteiger partial charge in [-0.05, 0) is 70.6 Å². The zero-order chi connectivity index (χ0) is 37.3. The van der Waals surface area contributed by atoms with Crippen LogP contribution in [0.15, 0.2) is 48.6 Å². The summed E-state index contributed by atoms with van der Waals surface area (Å²) in [6, 6.07) is 0. The minimum atomic E-state index is -4.77. The number of hydrogen-bond donors (Lipinski definition) is 2. The average molecular weight is 739 g/mol. The van der Waals surface area contributed by atoms with Crippen LogP contribution in [0, 0.1) is 0 Å². The van der Waals surface area contributed by atoms with Crippen molar-refractivity contribution in [3.63, 3.8) is 0 Å². The molecule has 1 aliphatic rings. The number of epoxide rings is 1. The van der Waals surface area contributed by atoms with Crippen molar-refractivity contribution < 1.29 is 42.7 Å². The molecule has 0 saturated carbocycles. The number of allylic oxidation sites excluding steroid dienone is 7. The first kappa shape index (κ1) is 47.0. The summed E-state index contributed by atoms with van der Waals surface area (Å²) in [4.78, 5) is 42.8. The van der Waals surface area contributed by atoms with Gasteiger partial charge in [0.2, 0.25) is 0 Å². The Morgan fingerprint density at radius 2 is 1.16 bits per heavy atom. The Morgan fingerprint density at radius 3 is 1.82 bits per heavy atom. The van der Waals surface area contributed by atoms with Gasteiger partial charge in [-0.15, -0.1) is 0 Å². The lowest BCUT2D eigenvalue weighted by Crippen LogP contribution is -2.29. The smallest absolute Gasteiger partial charge is 0.462 e. The standard InChI is InChI=1S/C41H71O9P/c1-3-5-7-8-9-10-11-12-13-14-15-20-23-26-30-34-41(43)49-37(36-48-51(44,45)46)35-47-40(42)33-29-25-22-19-17-16-18-21-24-28-32-39-38(50-39)31-27-6-4-2/h10-11,16,18-19,22,24,28,37-39H,3-9,12-15,17,20-21,23,25-27,29-36H2,1-2H3,(H2,44,45,46)/b11-10-,18-16-,22-19-,28-24-/t37-,38?,39?/m1/s1. The molecule has 10 heteroatoms. The zero-order valence-corrected chi connectivity index (χ0v) is 32.8. The van der Waals surface area contributed by atoms with Crippen LogP contribution < -0.4 is 0 Å². The first-order chi connectivity index (χ1) is 24.7. The second-order valence-electron chi connectivity index (χ2n) is 13.6. The summed E-state index contributed by atoms with van der Waals surface area (Å²) in [6.45, 7) is 3.58. The van der Waals surface area contributed by atoms with Crippen LogP contribution in [0.3, 0.4) is 0 Å². The minimum absolute atomic E-state index is 0.186. The monoisotopic (exact) mass is 738 g/mol. The van der Waals surface area contributed by atoms with E-state index in [9.17, 15) is 14.2 Å². The second-order valence-corrected chi connectivity index (χ2v) is 14.9. The van der Waals surface area contributed by atoms with Crippen molar-refractivity contribution in [3.05, 3.63) is 48.6 Å². The number of unbranched alkanes of at least 4 members (excludes halogenated alkanes) is 14. The molecule has 0 aromatic heterocycles. The van der Waals surface area contributed by atoms with Crippen LogP contribution in [0.2, 0.25) is 0 Å². The van der Waals surface area contributed by atoms with Crippen molar-refractivity contribution >= 4 is 19.8 Å². The summed E-state index contributed by atoms with van der Waals surface area (Å²) in [5.41, 5.74) is 0. The number of phosphoric ester groups is 1. The van der Waals surface area contributed by atoms with E-state index in [4.69, 9.17) is 24.0 Å². The molecule has 1 saturated heterocycles. The van der Waals surface area contributed by atoms with Crippen LogP contribution in [0.1, 0.15) is 168 Å². The van der Waals surface area contributed by atoms with Crippen molar-refractivity contribution in [1.82, 2.24) is 0 Å². The molecule has 0 radical (unpaired) electrons. The van der Waals surface area contributed by atoms with E-state index < -0.39 is 32.5 Å². The van der Waals surface area contributed by atoms with Crippen LogP contribution in [-0.2, 0) is 32.9 Å². The van der Waals surface area contributed by atoms with E-state index in [-0.39, 0.29) is 19.4 Å². The molecule has 0 aromatic rings. The first-order valence-corrected chi connectivity index (χ1v) is 21.6. The summed E-state index contributed by atoms with van der Waals surface area (Å²) in [6.07, 6.45) is 41.5. The summed E-state index contributed by atoms with van der Waals surface area (Å²) in [5.74, 6) is -0.962. The lowest BCUT2D eigenvalue weighted by atomic mass is 10.1. The maximum atomic E-state index is 12.4. The fourth-order valence-electron chi connectivity index (χ4n) is 5.63. The molecule has 51 heavy (non-hydrogen) atoms. The molecule has 9 nitrogen and oxygen atoms in total. The predicted molar refractivity (Wildman–Crippen MR) is 206 cm³/mol. The van der Waals surface area contributed by atoms with Crippen LogP contribution in [0.25, 0.3) is 0 Å². The number of ether oxygens (including phenoxy) is 3. The summed E-state index contributed by atoms with van der Waals surface area (Å²) < 4.78 is 32.0. The third-order valence-corrected chi connectivity index (χ3v) is 9.23. The fourth-order valence-corrected chi connectivity index (χ4v) is 5.99. The van der Waals surface area contributed by atoms with Gasteiger partial charge in [0.25, 0.3) is 0 Å². The predicted octanol–water partition coefficient (Wildman–Crippen LogP) is 10.9. The summed E-state index contributed by atoms with van der Waals surface area (Å²) >= 11 is 0. The number of carbonyl (C=O) groups excluding carboxylic acids is 2. The highest BCUT2D eigenvalue weighted by molar-refractivity contribution is 7.46. The second kappa shape index (κ2) is 32.6. The number of phosphoric acid groups is 1. The quantitative estimate of drug-likeness (QED) is 0.0214. The SMILES string of the molecule is CCCCCC/C=C\CCCCCCCCCC(=O)O[C@H](COC(=O)CCC/C=C\C/C=C\C/C=C\CC1OC1CCCCC)COP(=O)(O)O. The molecule has 1 heterocycles. The molecule has 0 bridgehead atoms. The van der Waals surface area contributed by atoms with Crippen LogP contribution in [-0.4, -0.2) is 53.3 Å². The van der Waals surface area contributed by atoms with Crippen molar-refractivity contribution in [3.8, 4) is 0 Å². The molecule has 2 N–H and O–H groups in total. The van der Waals surface area contributed by atoms with Gasteiger partial charge < -0.3 is 24.0 Å². The van der Waals surface area contributed by atoms with Gasteiger partial charge in [0.1, 0.15) is 6.61 Å². The van der Waals surface area contributed by atoms with E-state index in [0.29, 0.717) is 25.0 Å². The van der Waals surface area contributed by atoms with Gasteiger partial charge >= 0.3 is 19.8 Å². The lowest BCUT2D eigenvalue weighted by Gasteiger charge is -2.18. The first-order valence-electron chi connectivity index (χ1n) is 20.1. The van der Waals surface area contributed by atoms with Crippen molar-refractivity contribution in [1.29, 1.82) is 0 Å². The maximum Gasteiger partial charge on any atom is 0.469 e. The highest BCUT2D eigenvalue weighted by Gasteiger charge is 2.36. The van der Waals surface area contributed by atoms with E-state index in [1.165, 1.54) is 77.0 Å². The summed E-state index contributed by atoms with van der Waals surface area (Å²) in [7, 11) is -4.77. The largest absolute Gasteiger partial charge is 0.469 e. The third kappa shape index (κ3) is 32.4. The molecule has 1 rings (SSSR count). The zero-order valence-electron chi connectivity index (χ0n) is 31.9. The molecule has 294 valence electrons. The normalized spacial score (nSPS) is 16.9. The molecule has 1 fully saturated rings. The Labute approximate surface area is 309 Å². The van der Waals surface area contributed by atoms with Gasteiger partial charge in [-0.1, -0.05) is 133 Å². The van der Waals surface area contributed by atoms with Gasteiger partial charge in [0, 0.05) is 12.8 Å². The van der Waals surface area contributed by atoms with Gasteiger partial charge in [0.05, 0.1) is 18.8 Å². The number of carbonyl (C=O) groups is 2. The molecule has 0 amide bonds. The lowest BCUT2D eigenvalue weighted by molar-refractivity contribution is -0.161. The van der Waals surface area contributed by atoms with E-state index >= 15 is 0 Å². The molecule has 0 spiro atoms. The number of rotatable bonds is 35. The average Bonchev–Trinajstić information content (AvgIpc) is 3.85. The number of esters is 2. The Kier molecular flexibility index (Phi) is 30.0. The van der Waals surface area contributed by atoms with Crippen molar-refractivity contribution in [2.24, 2.45) is 0 Å². The van der Waals surface area contributed by atoms with Crippen LogP contribution in [0.4, 0.5) is 0 Å². The number of hydrogen-bond acceptors (Lipinski definition) is 7. The van der Waals surface area contributed by atoms with E-state index in [1.807, 2.05) is 6.08 Å². The van der Waals surface area contributed by atoms with Gasteiger partial charge in [-0.2, -0.15) is 0 Å². The van der Waals surface area contributed by atoms with Gasteiger partial charge in [-0.25, -0.2) is 4.57 Å². The minimum Gasteiger partial charge on any atom is -0.462 e. The molecule has 0 aromatic carbocycles. The van der Waals surface area contributed by atoms with Gasteiger partial charge in [-0.3, -0.25) is 14.1 Å². The molecule has 2 unspecified atom stereocenters. The van der Waals surface area contributed by atoms with Gasteiger partial charge in [0.15, 0.2) is 6.10 Å². The maximum absolute atomic E-state index is 12.4. The Bertz CT molecular complexity index is 1030. The molecular weight excluding hydrogens is 667 g/mol. The fraction of sp³-hybridized carbons (Fsp3) is 0.756. The topological polar surface area (TPSA) is 132 Å². The Balaban J connectivity index is 2.11. The van der Waals surface area contributed by atoms with Crippen molar-refractivity contribution in [2.75, 3.05) is 13.2 Å².